The van der Waals surface area contributed by atoms with Crippen molar-refractivity contribution in [2.45, 2.75) is 44.8 Å². The van der Waals surface area contributed by atoms with Crippen molar-refractivity contribution in [3.8, 4) is 0 Å². The van der Waals surface area contributed by atoms with Crippen molar-refractivity contribution in [1.29, 1.82) is 0 Å². The van der Waals surface area contributed by atoms with Crippen LogP contribution in [-0.2, 0) is 4.79 Å². The van der Waals surface area contributed by atoms with Crippen LogP contribution in [0.2, 0.25) is 0 Å². The van der Waals surface area contributed by atoms with E-state index in [-0.39, 0.29) is 11.9 Å². The van der Waals surface area contributed by atoms with Gasteiger partial charge in [0.05, 0.1) is 11.6 Å². The van der Waals surface area contributed by atoms with E-state index < -0.39 is 5.60 Å². The van der Waals surface area contributed by atoms with E-state index in [1.54, 1.807) is 13.8 Å². The van der Waals surface area contributed by atoms with Gasteiger partial charge in [-0.2, -0.15) is 0 Å². The van der Waals surface area contributed by atoms with Crippen molar-refractivity contribution in [3.05, 3.63) is 0 Å². The monoisotopic (exact) mass is 200 g/mol. The number of nitrogens with one attached hydrogen (secondary N) is 2. The molecule has 0 bridgehead atoms. The third-order valence-corrected chi connectivity index (χ3v) is 2.32. The Morgan fingerprint density at radius 3 is 2.79 bits per heavy atom. The molecule has 1 atom stereocenters. The molecule has 0 aromatic rings. The van der Waals surface area contributed by atoms with Crippen LogP contribution in [0, 0.1) is 0 Å². The number of aliphatic hydroxyl groups is 1. The van der Waals surface area contributed by atoms with Gasteiger partial charge in [-0.05, 0) is 33.2 Å². The lowest BCUT2D eigenvalue weighted by Gasteiger charge is -2.24. The first-order valence-electron chi connectivity index (χ1n) is 5.22. The van der Waals surface area contributed by atoms with E-state index in [0.29, 0.717) is 6.54 Å². The number of hydrogen-bond donors (Lipinski definition) is 3. The van der Waals surface area contributed by atoms with Crippen molar-refractivity contribution in [3.63, 3.8) is 0 Å². The van der Waals surface area contributed by atoms with Crippen LogP contribution < -0.4 is 10.6 Å². The average molecular weight is 200 g/mol. The molecule has 4 nitrogen and oxygen atoms in total. The van der Waals surface area contributed by atoms with Crippen LogP contribution in [0.25, 0.3) is 0 Å². The zero-order chi connectivity index (χ0) is 10.6. The highest BCUT2D eigenvalue weighted by atomic mass is 16.3. The maximum absolute atomic E-state index is 11.6. The molecule has 0 saturated carbocycles. The lowest BCUT2D eigenvalue weighted by atomic mass is 10.0. The molecule has 0 radical (unpaired) electrons. The predicted octanol–water partition coefficient (Wildman–Crippen LogP) is 0.0156. The van der Waals surface area contributed by atoms with Gasteiger partial charge in [0.2, 0.25) is 5.91 Å². The molecule has 1 fully saturated rings. The Bertz CT molecular complexity index is 193. The summed E-state index contributed by atoms with van der Waals surface area (Å²) in [5.74, 6) is 0.00632. The Labute approximate surface area is 85.1 Å². The molecule has 0 aromatic carbocycles. The van der Waals surface area contributed by atoms with E-state index in [1.165, 1.54) is 0 Å². The van der Waals surface area contributed by atoms with Crippen LogP contribution in [0.5, 0.6) is 0 Å². The summed E-state index contributed by atoms with van der Waals surface area (Å²) >= 11 is 0. The highest BCUT2D eigenvalue weighted by molar-refractivity contribution is 5.81. The highest BCUT2D eigenvalue weighted by Gasteiger charge is 2.22. The van der Waals surface area contributed by atoms with Crippen LogP contribution in [-0.4, -0.2) is 35.7 Å². The quantitative estimate of drug-likeness (QED) is 0.601. The zero-order valence-corrected chi connectivity index (χ0v) is 8.97. The van der Waals surface area contributed by atoms with Gasteiger partial charge in [-0.1, -0.05) is 6.42 Å². The smallest absolute Gasteiger partial charge is 0.237 e. The molecular formula is C10H20N2O2. The minimum absolute atomic E-state index is 0.00632. The lowest BCUT2D eigenvalue weighted by molar-refractivity contribution is -0.124. The van der Waals surface area contributed by atoms with E-state index in [1.807, 2.05) is 0 Å². The fourth-order valence-electron chi connectivity index (χ4n) is 1.50. The van der Waals surface area contributed by atoms with Crippen LogP contribution in [0.1, 0.15) is 33.1 Å². The molecule has 0 spiro atoms. The molecule has 1 aliphatic heterocycles. The van der Waals surface area contributed by atoms with Gasteiger partial charge in [0.1, 0.15) is 0 Å². The first kappa shape index (κ1) is 11.5. The van der Waals surface area contributed by atoms with Gasteiger partial charge in [0, 0.05) is 6.54 Å². The van der Waals surface area contributed by atoms with Crippen LogP contribution in [0.15, 0.2) is 0 Å². The second-order valence-electron chi connectivity index (χ2n) is 4.53. The molecule has 1 heterocycles. The Hall–Kier alpha value is -0.610. The van der Waals surface area contributed by atoms with E-state index in [2.05, 4.69) is 10.6 Å². The maximum Gasteiger partial charge on any atom is 0.237 e. The molecular weight excluding hydrogens is 180 g/mol. The Balaban J connectivity index is 2.27. The van der Waals surface area contributed by atoms with Gasteiger partial charge in [-0.3, -0.25) is 4.79 Å². The van der Waals surface area contributed by atoms with Crippen LogP contribution in [0.4, 0.5) is 0 Å². The predicted molar refractivity (Wildman–Crippen MR) is 54.9 cm³/mol. The molecule has 82 valence electrons. The highest BCUT2D eigenvalue weighted by Crippen LogP contribution is 2.07. The second kappa shape index (κ2) is 4.75. The largest absolute Gasteiger partial charge is 0.389 e. The summed E-state index contributed by atoms with van der Waals surface area (Å²) in [5.41, 5.74) is -0.829. The Kier molecular flexibility index (Phi) is 3.89. The summed E-state index contributed by atoms with van der Waals surface area (Å²) in [6.07, 6.45) is 3.15. The molecule has 0 aliphatic carbocycles. The molecule has 1 amide bonds. The molecule has 4 heteroatoms. The molecule has 0 aromatic heterocycles. The van der Waals surface area contributed by atoms with E-state index in [4.69, 9.17) is 0 Å². The summed E-state index contributed by atoms with van der Waals surface area (Å²) in [5, 5.41) is 15.3. The summed E-state index contributed by atoms with van der Waals surface area (Å²) < 4.78 is 0. The minimum Gasteiger partial charge on any atom is -0.389 e. The fourth-order valence-corrected chi connectivity index (χ4v) is 1.50. The van der Waals surface area contributed by atoms with Gasteiger partial charge in [-0.15, -0.1) is 0 Å². The van der Waals surface area contributed by atoms with E-state index in [9.17, 15) is 9.90 Å². The zero-order valence-electron chi connectivity index (χ0n) is 8.97. The van der Waals surface area contributed by atoms with Crippen molar-refractivity contribution in [1.82, 2.24) is 10.6 Å². The standard InChI is InChI=1S/C10H20N2O2/c1-10(2,14)7-12-9(13)8-5-3-4-6-11-8/h8,11,14H,3-7H2,1-2H3,(H,12,13). The van der Waals surface area contributed by atoms with Crippen molar-refractivity contribution in [2.75, 3.05) is 13.1 Å². The SMILES string of the molecule is CC(C)(O)CNC(=O)C1CCCCN1. The molecule has 1 rings (SSSR count). The lowest BCUT2D eigenvalue weighted by Crippen LogP contribution is -2.49. The number of amides is 1. The number of carbonyl (C=O) groups is 1. The molecule has 1 unspecified atom stereocenters. The van der Waals surface area contributed by atoms with Gasteiger partial charge in [0.15, 0.2) is 0 Å². The summed E-state index contributed by atoms with van der Waals surface area (Å²) in [7, 11) is 0. The average Bonchev–Trinajstić information content (AvgIpc) is 2.14. The normalized spacial score (nSPS) is 23.2. The topological polar surface area (TPSA) is 61.4 Å². The number of hydrogen-bond acceptors (Lipinski definition) is 3. The fraction of sp³-hybridized carbons (Fsp3) is 0.900. The maximum atomic E-state index is 11.6. The molecule has 3 N–H and O–H groups in total. The molecule has 1 saturated heterocycles. The Morgan fingerprint density at radius 1 is 1.57 bits per heavy atom. The third kappa shape index (κ3) is 4.07. The van der Waals surface area contributed by atoms with Crippen molar-refractivity contribution in [2.24, 2.45) is 0 Å². The first-order chi connectivity index (χ1) is 6.49. The number of rotatable bonds is 3. The van der Waals surface area contributed by atoms with Gasteiger partial charge in [0.25, 0.3) is 0 Å². The first-order valence-corrected chi connectivity index (χ1v) is 5.22. The van der Waals surface area contributed by atoms with Crippen molar-refractivity contribution >= 4 is 5.91 Å². The number of piperidine rings is 1. The second-order valence-corrected chi connectivity index (χ2v) is 4.53. The van der Waals surface area contributed by atoms with Gasteiger partial charge < -0.3 is 15.7 Å². The number of carbonyl (C=O) groups excluding carboxylic acids is 1. The Morgan fingerprint density at radius 2 is 2.29 bits per heavy atom. The van der Waals surface area contributed by atoms with Crippen LogP contribution in [0.3, 0.4) is 0 Å². The molecule has 14 heavy (non-hydrogen) atoms. The van der Waals surface area contributed by atoms with Crippen LogP contribution >= 0.6 is 0 Å². The van der Waals surface area contributed by atoms with Gasteiger partial charge >= 0.3 is 0 Å². The third-order valence-electron chi connectivity index (χ3n) is 2.32. The summed E-state index contributed by atoms with van der Waals surface area (Å²) in [4.78, 5) is 11.6. The minimum atomic E-state index is -0.829. The molecule has 1 aliphatic rings. The summed E-state index contributed by atoms with van der Waals surface area (Å²) in [6, 6.07) is -0.0638. The van der Waals surface area contributed by atoms with Gasteiger partial charge in [-0.25, -0.2) is 0 Å². The summed E-state index contributed by atoms with van der Waals surface area (Å²) in [6.45, 7) is 4.59. The van der Waals surface area contributed by atoms with E-state index >= 15 is 0 Å². The van der Waals surface area contributed by atoms with E-state index in [0.717, 1.165) is 25.8 Å². The van der Waals surface area contributed by atoms with Crippen molar-refractivity contribution < 1.29 is 9.90 Å².